The highest BCUT2D eigenvalue weighted by Crippen LogP contribution is 2.17. The van der Waals surface area contributed by atoms with Crippen molar-refractivity contribution in [2.24, 2.45) is 0 Å². The first-order chi connectivity index (χ1) is 17.6. The Kier molecular flexibility index (Phi) is 8.65. The number of carbonyl (C=O) groups is 4. The van der Waals surface area contributed by atoms with Crippen LogP contribution in [0.3, 0.4) is 0 Å². The first kappa shape index (κ1) is 26.5. The van der Waals surface area contributed by atoms with E-state index in [9.17, 15) is 33.5 Å². The number of carboxylic acids is 2. The monoisotopic (exact) mass is 512 g/mol. The summed E-state index contributed by atoms with van der Waals surface area (Å²) in [5, 5.41) is 22.3. The molecule has 0 bridgehead atoms. The lowest BCUT2D eigenvalue weighted by atomic mass is 10.2. The van der Waals surface area contributed by atoms with Crippen LogP contribution in [-0.4, -0.2) is 49.7 Å². The van der Waals surface area contributed by atoms with E-state index < -0.39 is 54.3 Å². The zero-order chi connectivity index (χ0) is 26.9. The minimum atomic E-state index is -1.75. The van der Waals surface area contributed by atoms with Crippen molar-refractivity contribution in [3.63, 3.8) is 0 Å². The summed E-state index contributed by atoms with van der Waals surface area (Å²) in [4.78, 5) is 64.3. The van der Waals surface area contributed by atoms with Gasteiger partial charge in [0, 0.05) is 5.56 Å². The van der Waals surface area contributed by atoms with Crippen molar-refractivity contribution in [1.29, 1.82) is 0 Å². The lowest BCUT2D eigenvalue weighted by Crippen LogP contribution is -2.44. The number of aliphatic carboxylic acids is 2. The van der Waals surface area contributed by atoms with E-state index in [1.807, 2.05) is 5.32 Å². The van der Waals surface area contributed by atoms with Crippen molar-refractivity contribution >= 4 is 29.6 Å². The second kappa shape index (κ2) is 12.1. The first-order valence-electron chi connectivity index (χ1n) is 10.7. The molecule has 0 aliphatic carbocycles. The van der Waals surface area contributed by atoms with E-state index in [0.717, 1.165) is 22.9 Å². The summed E-state index contributed by atoms with van der Waals surface area (Å²) in [7, 11) is 0. The molecule has 192 valence electrons. The van der Waals surface area contributed by atoms with Crippen LogP contribution in [0.5, 0.6) is 0 Å². The Morgan fingerprint density at radius 3 is 2.32 bits per heavy atom. The third-order valence-corrected chi connectivity index (χ3v) is 4.91. The maximum absolute atomic E-state index is 13.4. The van der Waals surface area contributed by atoms with E-state index in [1.54, 1.807) is 30.3 Å². The molecule has 2 aromatic carbocycles. The molecule has 0 unspecified atom stereocenters. The normalized spacial score (nSPS) is 11.3. The van der Waals surface area contributed by atoms with Crippen LogP contribution in [0.2, 0.25) is 0 Å². The van der Waals surface area contributed by atoms with Gasteiger partial charge in [-0.25, -0.2) is 19.0 Å². The number of carbonyl (C=O) groups excluding carboxylic acids is 2. The fourth-order valence-corrected chi connectivity index (χ4v) is 3.18. The number of ether oxygens (including phenoxy) is 1. The molecule has 37 heavy (non-hydrogen) atoms. The molecule has 0 aliphatic heterocycles. The Morgan fingerprint density at radius 2 is 1.70 bits per heavy atom. The van der Waals surface area contributed by atoms with Crippen LogP contribution in [0.4, 0.5) is 14.9 Å². The molecule has 1 heterocycles. The number of carboxylic acid groups (broad SMARTS) is 2. The number of hydrogen-bond donors (Lipinski definition) is 4. The highest BCUT2D eigenvalue weighted by atomic mass is 19.1. The van der Waals surface area contributed by atoms with Crippen LogP contribution in [-0.2, 0) is 32.3 Å². The molecule has 0 aliphatic rings. The van der Waals surface area contributed by atoms with Gasteiger partial charge < -0.3 is 20.3 Å². The van der Waals surface area contributed by atoms with Crippen LogP contribution in [0.1, 0.15) is 12.0 Å². The molecule has 3 rings (SSSR count). The van der Waals surface area contributed by atoms with Gasteiger partial charge in [-0.3, -0.25) is 24.3 Å². The largest absolute Gasteiger partial charge is 0.481 e. The van der Waals surface area contributed by atoms with Crippen molar-refractivity contribution in [2.45, 2.75) is 25.6 Å². The second-order valence-electron chi connectivity index (χ2n) is 7.64. The average molecular weight is 512 g/mol. The van der Waals surface area contributed by atoms with Crippen LogP contribution in [0.15, 0.2) is 65.6 Å². The van der Waals surface area contributed by atoms with Crippen LogP contribution >= 0.6 is 0 Å². The Labute approximate surface area is 208 Å². The number of aromatic nitrogens is 2. The number of benzene rings is 2. The van der Waals surface area contributed by atoms with Crippen molar-refractivity contribution < 1.29 is 38.5 Å². The summed E-state index contributed by atoms with van der Waals surface area (Å²) in [5.41, 5.74) is -0.307. The minimum absolute atomic E-state index is 0.0789. The molecule has 13 heteroatoms. The van der Waals surface area contributed by atoms with Gasteiger partial charge in [0.25, 0.3) is 5.56 Å². The fourth-order valence-electron chi connectivity index (χ4n) is 3.18. The van der Waals surface area contributed by atoms with Crippen molar-refractivity contribution in [3.8, 4) is 11.4 Å². The molecule has 0 saturated carbocycles. The Hall–Kier alpha value is -5.07. The third-order valence-electron chi connectivity index (χ3n) is 4.91. The number of hydrogen-bond acceptors (Lipinski definition) is 7. The van der Waals surface area contributed by atoms with Gasteiger partial charge in [0.15, 0.2) is 0 Å². The van der Waals surface area contributed by atoms with Crippen molar-refractivity contribution in [3.05, 3.63) is 82.5 Å². The molecular weight excluding hydrogens is 491 g/mol. The maximum atomic E-state index is 13.4. The van der Waals surface area contributed by atoms with Crippen LogP contribution in [0, 0.1) is 5.82 Å². The van der Waals surface area contributed by atoms with E-state index in [0.29, 0.717) is 5.56 Å². The lowest BCUT2D eigenvalue weighted by molar-refractivity contribution is -0.147. The quantitative estimate of drug-likeness (QED) is 0.316. The first-order valence-corrected chi connectivity index (χ1v) is 10.7. The number of rotatable bonds is 10. The minimum Gasteiger partial charge on any atom is -0.481 e. The van der Waals surface area contributed by atoms with E-state index in [2.05, 4.69) is 10.3 Å². The smallest absolute Gasteiger partial charge is 0.412 e. The molecule has 0 fully saturated rings. The fraction of sp³-hybridized carbons (Fsp3) is 0.167. The van der Waals surface area contributed by atoms with Crippen LogP contribution < -0.4 is 16.2 Å². The summed E-state index contributed by atoms with van der Waals surface area (Å²) >= 11 is 0. The van der Waals surface area contributed by atoms with Gasteiger partial charge >= 0.3 is 18.0 Å². The Bertz CT molecular complexity index is 1360. The average Bonchev–Trinajstić information content (AvgIpc) is 2.86. The second-order valence-corrected chi connectivity index (χ2v) is 7.64. The van der Waals surface area contributed by atoms with Crippen molar-refractivity contribution in [2.75, 3.05) is 5.32 Å². The summed E-state index contributed by atoms with van der Waals surface area (Å²) in [6.45, 7) is -0.860. The molecule has 0 spiro atoms. The number of nitrogens with zero attached hydrogens (tertiary/aromatic N) is 2. The zero-order valence-electron chi connectivity index (χ0n) is 19.1. The highest BCUT2D eigenvalue weighted by Gasteiger charge is 2.24. The molecule has 0 radical (unpaired) electrons. The predicted molar refractivity (Wildman–Crippen MR) is 126 cm³/mol. The third kappa shape index (κ3) is 7.45. The molecule has 1 aromatic heterocycles. The highest BCUT2D eigenvalue weighted by molar-refractivity contribution is 5.87. The number of halogens is 1. The van der Waals surface area contributed by atoms with Crippen LogP contribution in [0.25, 0.3) is 11.4 Å². The maximum Gasteiger partial charge on any atom is 0.412 e. The van der Waals surface area contributed by atoms with Gasteiger partial charge in [-0.15, -0.1) is 0 Å². The SMILES string of the molecule is O=C(O)C[C@H](NC(=O)Cn1c(-c2ccc(F)cc2)ncc(NC(=O)OCc2ccccc2)c1=O)C(=O)O. The zero-order valence-corrected chi connectivity index (χ0v) is 19.1. The molecule has 1 atom stereocenters. The van der Waals surface area contributed by atoms with Gasteiger partial charge in [-0.2, -0.15) is 0 Å². The predicted octanol–water partition coefficient (Wildman–Crippen LogP) is 1.84. The van der Waals surface area contributed by atoms with Crippen molar-refractivity contribution in [1.82, 2.24) is 14.9 Å². The number of nitrogens with one attached hydrogen (secondary N) is 2. The topological polar surface area (TPSA) is 177 Å². The molecule has 0 saturated heterocycles. The molecule has 12 nitrogen and oxygen atoms in total. The van der Waals surface area contributed by atoms with Gasteiger partial charge in [0.1, 0.15) is 36.5 Å². The van der Waals surface area contributed by atoms with E-state index >= 15 is 0 Å². The molecular formula is C24H21FN4O8. The summed E-state index contributed by atoms with van der Waals surface area (Å²) in [6, 6.07) is 11.8. The lowest BCUT2D eigenvalue weighted by Gasteiger charge is -2.16. The van der Waals surface area contributed by atoms with Gasteiger partial charge in [0.05, 0.1) is 12.6 Å². The Morgan fingerprint density at radius 1 is 1.03 bits per heavy atom. The van der Waals surface area contributed by atoms with E-state index in [4.69, 9.17) is 9.84 Å². The summed E-state index contributed by atoms with van der Waals surface area (Å²) in [5.74, 6) is -4.71. The Balaban J connectivity index is 1.87. The molecule has 4 N–H and O–H groups in total. The van der Waals surface area contributed by atoms with E-state index in [1.165, 1.54) is 12.1 Å². The van der Waals surface area contributed by atoms with E-state index in [-0.39, 0.29) is 23.7 Å². The number of amides is 2. The summed E-state index contributed by atoms with van der Waals surface area (Å²) in [6.07, 6.45) is -0.835. The standard InChI is InChI=1S/C24H21FN4O8/c25-16-8-6-15(7-9-16)21-26-11-18(28-24(36)37-13-14-4-2-1-3-5-14)22(33)29(21)12-19(30)27-17(23(34)35)10-20(31)32/h1-9,11,17H,10,12-13H2,(H,27,30)(H,28,36)(H,31,32)(H,34,35)/t17-/m0/s1. The van der Waals surface area contributed by atoms with Gasteiger partial charge in [-0.05, 0) is 29.8 Å². The van der Waals surface area contributed by atoms with Gasteiger partial charge in [-0.1, -0.05) is 30.3 Å². The van der Waals surface area contributed by atoms with Gasteiger partial charge in [0.2, 0.25) is 5.91 Å². The molecule has 2 amide bonds. The summed E-state index contributed by atoms with van der Waals surface area (Å²) < 4.78 is 19.3. The molecule has 3 aromatic rings. The number of anilines is 1.